The van der Waals surface area contributed by atoms with E-state index in [0.29, 0.717) is 19.0 Å². The Kier molecular flexibility index (Phi) is 3.98. The van der Waals surface area contributed by atoms with Gasteiger partial charge in [0.1, 0.15) is 5.75 Å². The van der Waals surface area contributed by atoms with Gasteiger partial charge in [0, 0.05) is 18.7 Å². The van der Waals surface area contributed by atoms with Crippen molar-refractivity contribution in [3.63, 3.8) is 0 Å². The van der Waals surface area contributed by atoms with Crippen LogP contribution in [0.5, 0.6) is 5.75 Å². The van der Waals surface area contributed by atoms with Crippen LogP contribution in [0.2, 0.25) is 0 Å². The van der Waals surface area contributed by atoms with E-state index in [9.17, 15) is 9.90 Å². The highest BCUT2D eigenvalue weighted by molar-refractivity contribution is 5.78. The molecule has 1 aromatic rings. The lowest BCUT2D eigenvalue weighted by atomic mass is 10.2. The van der Waals surface area contributed by atoms with Crippen LogP contribution in [-0.2, 0) is 11.3 Å². The molecule has 0 saturated heterocycles. The van der Waals surface area contributed by atoms with Crippen LogP contribution in [0.15, 0.2) is 24.3 Å². The third kappa shape index (κ3) is 4.07. The van der Waals surface area contributed by atoms with Crippen LogP contribution in [-0.4, -0.2) is 24.1 Å². The van der Waals surface area contributed by atoms with Crippen molar-refractivity contribution in [3.05, 3.63) is 29.8 Å². The highest BCUT2D eigenvalue weighted by Gasteiger charge is 2.21. The fraction of sp³-hybridized carbons (Fsp3) is 0.462. The topological polar surface area (TPSA) is 61.4 Å². The first-order valence-electron chi connectivity index (χ1n) is 6.00. The molecule has 0 bridgehead atoms. The van der Waals surface area contributed by atoms with E-state index < -0.39 is 0 Å². The van der Waals surface area contributed by atoms with Crippen molar-refractivity contribution in [2.45, 2.75) is 19.4 Å². The molecule has 17 heavy (non-hydrogen) atoms. The number of amides is 1. The van der Waals surface area contributed by atoms with Gasteiger partial charge in [-0.25, -0.2) is 0 Å². The minimum absolute atomic E-state index is 0.0207. The summed E-state index contributed by atoms with van der Waals surface area (Å²) < 4.78 is 0. The number of aromatic hydroxyl groups is 1. The molecule has 1 aliphatic rings. The average Bonchev–Trinajstić information content (AvgIpc) is 3.13. The van der Waals surface area contributed by atoms with Crippen molar-refractivity contribution in [1.29, 1.82) is 0 Å². The van der Waals surface area contributed by atoms with Crippen LogP contribution in [0.1, 0.15) is 18.4 Å². The number of phenols is 1. The quantitative estimate of drug-likeness (QED) is 0.688. The van der Waals surface area contributed by atoms with Gasteiger partial charge in [0.2, 0.25) is 5.91 Å². The molecule has 0 aromatic heterocycles. The number of carbonyl (C=O) groups excluding carboxylic acids is 1. The monoisotopic (exact) mass is 234 g/mol. The third-order valence-electron chi connectivity index (χ3n) is 2.88. The summed E-state index contributed by atoms with van der Waals surface area (Å²) in [6.45, 7) is 1.60. The molecule has 4 heteroatoms. The Morgan fingerprint density at radius 1 is 1.35 bits per heavy atom. The summed E-state index contributed by atoms with van der Waals surface area (Å²) in [5.74, 6) is 0.989. The van der Waals surface area contributed by atoms with Crippen molar-refractivity contribution >= 4 is 5.91 Å². The smallest absolute Gasteiger partial charge is 0.233 e. The lowest BCUT2D eigenvalue weighted by Crippen LogP contribution is -2.34. The molecule has 0 spiro atoms. The highest BCUT2D eigenvalue weighted by atomic mass is 16.3. The first kappa shape index (κ1) is 11.9. The third-order valence-corrected chi connectivity index (χ3v) is 2.88. The number of benzene rings is 1. The van der Waals surface area contributed by atoms with Gasteiger partial charge in [0.25, 0.3) is 0 Å². The molecule has 0 aliphatic heterocycles. The normalized spacial score (nSPS) is 14.6. The highest BCUT2D eigenvalue weighted by Crippen LogP contribution is 2.27. The van der Waals surface area contributed by atoms with Gasteiger partial charge in [-0.3, -0.25) is 4.79 Å². The first-order valence-corrected chi connectivity index (χ1v) is 6.00. The molecule has 2 rings (SSSR count). The molecule has 0 unspecified atom stereocenters. The van der Waals surface area contributed by atoms with Crippen LogP contribution >= 0.6 is 0 Å². The van der Waals surface area contributed by atoms with Crippen molar-refractivity contribution in [3.8, 4) is 5.75 Å². The zero-order valence-electron chi connectivity index (χ0n) is 9.78. The zero-order chi connectivity index (χ0) is 12.1. The van der Waals surface area contributed by atoms with Crippen LogP contribution in [0.4, 0.5) is 0 Å². The van der Waals surface area contributed by atoms with Crippen LogP contribution < -0.4 is 10.6 Å². The van der Waals surface area contributed by atoms with Gasteiger partial charge in [-0.05, 0) is 24.8 Å². The van der Waals surface area contributed by atoms with E-state index in [-0.39, 0.29) is 11.7 Å². The molecule has 1 fully saturated rings. The molecule has 0 atom stereocenters. The largest absolute Gasteiger partial charge is 0.508 e. The van der Waals surface area contributed by atoms with E-state index >= 15 is 0 Å². The van der Waals surface area contributed by atoms with Crippen molar-refractivity contribution in [2.75, 3.05) is 13.1 Å². The molecule has 1 aliphatic carbocycles. The first-order chi connectivity index (χ1) is 8.25. The van der Waals surface area contributed by atoms with Crippen molar-refractivity contribution in [1.82, 2.24) is 10.6 Å². The van der Waals surface area contributed by atoms with E-state index in [2.05, 4.69) is 10.6 Å². The molecule has 1 saturated carbocycles. The standard InChI is InChI=1S/C13H18N2O2/c16-12-4-2-1-3-11(12)8-14-9-13(17)15-7-10-5-6-10/h1-4,10,14,16H,5-9H2,(H,15,17). The number of carbonyl (C=O) groups is 1. The predicted molar refractivity (Wildman–Crippen MR) is 65.5 cm³/mol. The number of rotatable bonds is 6. The Labute approximate surface area is 101 Å². The summed E-state index contributed by atoms with van der Waals surface area (Å²) >= 11 is 0. The zero-order valence-corrected chi connectivity index (χ0v) is 9.78. The van der Waals surface area contributed by atoms with Gasteiger partial charge in [-0.1, -0.05) is 18.2 Å². The van der Waals surface area contributed by atoms with E-state index in [4.69, 9.17) is 0 Å². The molecule has 0 radical (unpaired) electrons. The second-order valence-corrected chi connectivity index (χ2v) is 4.48. The van der Waals surface area contributed by atoms with E-state index in [0.717, 1.165) is 12.1 Å². The van der Waals surface area contributed by atoms with Crippen LogP contribution in [0.25, 0.3) is 0 Å². The number of para-hydroxylation sites is 1. The lowest BCUT2D eigenvalue weighted by molar-refractivity contribution is -0.120. The Hall–Kier alpha value is -1.55. The number of hydrogen-bond donors (Lipinski definition) is 3. The maximum atomic E-state index is 11.4. The van der Waals surface area contributed by atoms with E-state index in [1.807, 2.05) is 12.1 Å². The summed E-state index contributed by atoms with van der Waals surface area (Å²) in [4.78, 5) is 11.4. The Morgan fingerprint density at radius 2 is 2.12 bits per heavy atom. The van der Waals surface area contributed by atoms with Gasteiger partial charge >= 0.3 is 0 Å². The van der Waals surface area contributed by atoms with Gasteiger partial charge < -0.3 is 15.7 Å². The molecular weight excluding hydrogens is 216 g/mol. The fourth-order valence-corrected chi connectivity index (χ4v) is 1.61. The van der Waals surface area contributed by atoms with Crippen molar-refractivity contribution in [2.24, 2.45) is 5.92 Å². The molecule has 3 N–H and O–H groups in total. The van der Waals surface area contributed by atoms with Gasteiger partial charge in [-0.15, -0.1) is 0 Å². The Bertz CT molecular complexity index is 389. The fourth-order valence-electron chi connectivity index (χ4n) is 1.61. The maximum absolute atomic E-state index is 11.4. The molecular formula is C13H18N2O2. The van der Waals surface area contributed by atoms with E-state index in [1.54, 1.807) is 12.1 Å². The Balaban J connectivity index is 1.64. The second-order valence-electron chi connectivity index (χ2n) is 4.48. The second kappa shape index (κ2) is 5.68. The summed E-state index contributed by atoms with van der Waals surface area (Å²) in [5, 5.41) is 15.4. The van der Waals surface area contributed by atoms with Crippen LogP contribution in [0.3, 0.4) is 0 Å². The number of hydrogen-bond acceptors (Lipinski definition) is 3. The SMILES string of the molecule is O=C(CNCc1ccccc1O)NCC1CC1. The molecule has 1 amide bonds. The Morgan fingerprint density at radius 3 is 2.82 bits per heavy atom. The van der Waals surface area contributed by atoms with Gasteiger partial charge in [0.15, 0.2) is 0 Å². The summed E-state index contributed by atoms with van der Waals surface area (Å²) in [7, 11) is 0. The summed E-state index contributed by atoms with van der Waals surface area (Å²) in [5.41, 5.74) is 0.808. The van der Waals surface area contributed by atoms with Gasteiger partial charge in [0.05, 0.1) is 6.54 Å². The minimum Gasteiger partial charge on any atom is -0.508 e. The average molecular weight is 234 g/mol. The minimum atomic E-state index is 0.0207. The molecule has 0 heterocycles. The summed E-state index contributed by atoms with van der Waals surface area (Å²) in [6, 6.07) is 7.12. The van der Waals surface area contributed by atoms with Gasteiger partial charge in [-0.2, -0.15) is 0 Å². The van der Waals surface area contributed by atoms with E-state index in [1.165, 1.54) is 12.8 Å². The lowest BCUT2D eigenvalue weighted by Gasteiger charge is -2.07. The maximum Gasteiger partial charge on any atom is 0.233 e. The summed E-state index contributed by atoms with van der Waals surface area (Å²) in [6.07, 6.45) is 2.48. The van der Waals surface area contributed by atoms with Crippen LogP contribution in [0, 0.1) is 5.92 Å². The predicted octanol–water partition coefficient (Wildman–Crippen LogP) is 1.01. The molecule has 92 valence electrons. The number of phenolic OH excluding ortho intramolecular Hbond substituents is 1. The molecule has 4 nitrogen and oxygen atoms in total. The van der Waals surface area contributed by atoms with Crippen molar-refractivity contribution < 1.29 is 9.90 Å². The molecule has 1 aromatic carbocycles. The number of nitrogens with one attached hydrogen (secondary N) is 2.